The third kappa shape index (κ3) is 4.89. The monoisotopic (exact) mass is 373 g/mol. The van der Waals surface area contributed by atoms with Crippen LogP contribution in [0.2, 0.25) is 0 Å². The van der Waals surface area contributed by atoms with E-state index in [0.29, 0.717) is 0 Å². The maximum Gasteiger partial charge on any atom is 0.0572 e. The molecule has 0 radical (unpaired) electrons. The minimum absolute atomic E-state index is 0.117. The number of benzene rings is 3. The van der Waals surface area contributed by atoms with Crippen molar-refractivity contribution in [3.63, 3.8) is 0 Å². The Bertz CT molecular complexity index is 690. The van der Waals surface area contributed by atoms with Gasteiger partial charge in [0, 0.05) is 12.0 Å². The fraction of sp³-hybridized carbons (Fsp3) is 0.308. The van der Waals surface area contributed by atoms with Crippen molar-refractivity contribution < 1.29 is 4.84 Å². The van der Waals surface area contributed by atoms with Gasteiger partial charge >= 0.3 is 0 Å². The minimum Gasteiger partial charge on any atom is -0.305 e. The third-order valence-electron chi connectivity index (χ3n) is 5.52. The molecule has 0 fully saturated rings. The molecule has 0 aliphatic rings. The lowest BCUT2D eigenvalue weighted by Gasteiger charge is -2.36. The van der Waals surface area contributed by atoms with Crippen molar-refractivity contribution >= 4 is 0 Å². The molecule has 3 aromatic rings. The second-order valence-corrected chi connectivity index (χ2v) is 7.27. The van der Waals surface area contributed by atoms with Crippen LogP contribution in [0.25, 0.3) is 0 Å². The smallest absolute Gasteiger partial charge is 0.0572 e. The maximum atomic E-state index is 4.93. The summed E-state index contributed by atoms with van der Waals surface area (Å²) in [6.45, 7) is 0.914. The Morgan fingerprint density at radius 2 is 1.04 bits per heavy atom. The van der Waals surface area contributed by atoms with Gasteiger partial charge in [-0.15, -0.1) is 0 Å². The van der Waals surface area contributed by atoms with Gasteiger partial charge < -0.3 is 4.84 Å². The fourth-order valence-electron chi connectivity index (χ4n) is 4.14. The Morgan fingerprint density at radius 1 is 0.607 bits per heavy atom. The number of rotatable bonds is 11. The van der Waals surface area contributed by atoms with Gasteiger partial charge in [-0.05, 0) is 29.5 Å². The lowest BCUT2D eigenvalue weighted by molar-refractivity contribution is 0.0904. The van der Waals surface area contributed by atoms with Crippen molar-refractivity contribution in [3.8, 4) is 0 Å². The van der Waals surface area contributed by atoms with E-state index in [1.54, 1.807) is 7.11 Å². The summed E-state index contributed by atoms with van der Waals surface area (Å²) >= 11 is 0. The Labute approximate surface area is 169 Å². The molecule has 28 heavy (non-hydrogen) atoms. The van der Waals surface area contributed by atoms with E-state index in [1.807, 2.05) is 0 Å². The molecule has 0 aliphatic heterocycles. The summed E-state index contributed by atoms with van der Waals surface area (Å²) in [5, 5.41) is 0. The van der Waals surface area contributed by atoms with Crippen LogP contribution in [-0.4, -0.2) is 13.7 Å². The molecule has 0 aromatic heterocycles. The molecule has 0 unspecified atom stereocenters. The average molecular weight is 374 g/mol. The van der Waals surface area contributed by atoms with Gasteiger partial charge in [0.15, 0.2) is 0 Å². The molecule has 0 amide bonds. The molecule has 0 aliphatic carbocycles. The zero-order valence-electron chi connectivity index (χ0n) is 16.8. The van der Waals surface area contributed by atoms with Gasteiger partial charge in [-0.25, -0.2) is 5.48 Å². The zero-order valence-corrected chi connectivity index (χ0v) is 16.8. The lowest BCUT2D eigenvalue weighted by atomic mass is 9.66. The van der Waals surface area contributed by atoms with E-state index < -0.39 is 0 Å². The van der Waals surface area contributed by atoms with Gasteiger partial charge in [0.2, 0.25) is 0 Å². The molecule has 0 heterocycles. The molecule has 0 atom stereocenters. The van der Waals surface area contributed by atoms with Crippen LogP contribution in [0.15, 0.2) is 91.0 Å². The van der Waals surface area contributed by atoms with Crippen LogP contribution in [0.5, 0.6) is 0 Å². The summed E-state index contributed by atoms with van der Waals surface area (Å²) in [5.41, 5.74) is 6.92. The van der Waals surface area contributed by atoms with Gasteiger partial charge in [0.05, 0.1) is 7.11 Å². The Balaban J connectivity index is 1.91. The molecular formula is C26H31NO. The second-order valence-electron chi connectivity index (χ2n) is 7.27. The average Bonchev–Trinajstić information content (AvgIpc) is 2.78. The van der Waals surface area contributed by atoms with Crippen LogP contribution in [0, 0.1) is 0 Å². The van der Waals surface area contributed by atoms with Crippen molar-refractivity contribution in [1.29, 1.82) is 0 Å². The van der Waals surface area contributed by atoms with Crippen molar-refractivity contribution in [3.05, 3.63) is 108 Å². The van der Waals surface area contributed by atoms with Gasteiger partial charge in [-0.1, -0.05) is 110 Å². The van der Waals surface area contributed by atoms with E-state index in [9.17, 15) is 0 Å². The zero-order chi connectivity index (χ0) is 19.5. The first kappa shape index (κ1) is 20.3. The van der Waals surface area contributed by atoms with Crippen LogP contribution in [-0.2, 0) is 10.3 Å². The number of hydrogen-bond donors (Lipinski definition) is 1. The van der Waals surface area contributed by atoms with Crippen LogP contribution < -0.4 is 5.48 Å². The van der Waals surface area contributed by atoms with E-state index in [-0.39, 0.29) is 5.41 Å². The van der Waals surface area contributed by atoms with E-state index in [2.05, 4.69) is 96.5 Å². The summed E-state index contributed by atoms with van der Waals surface area (Å²) in [4.78, 5) is 4.93. The van der Waals surface area contributed by atoms with Gasteiger partial charge in [-0.2, -0.15) is 0 Å². The summed E-state index contributed by atoms with van der Waals surface area (Å²) in [6.07, 6.45) is 5.86. The van der Waals surface area contributed by atoms with Crippen LogP contribution in [0.1, 0.15) is 48.8 Å². The normalized spacial score (nSPS) is 11.5. The van der Waals surface area contributed by atoms with Crippen molar-refractivity contribution in [2.24, 2.45) is 0 Å². The van der Waals surface area contributed by atoms with Crippen molar-refractivity contribution in [2.75, 3.05) is 13.7 Å². The van der Waals surface area contributed by atoms with Crippen molar-refractivity contribution in [1.82, 2.24) is 5.48 Å². The lowest BCUT2D eigenvalue weighted by Crippen LogP contribution is -2.29. The number of unbranched alkanes of at least 4 members (excludes halogenated alkanes) is 3. The summed E-state index contributed by atoms with van der Waals surface area (Å²) in [6, 6.07) is 32.9. The van der Waals surface area contributed by atoms with E-state index >= 15 is 0 Å². The first-order valence-corrected chi connectivity index (χ1v) is 10.3. The fourth-order valence-corrected chi connectivity index (χ4v) is 4.14. The predicted octanol–water partition coefficient (Wildman–Crippen LogP) is 6.12. The molecule has 0 saturated heterocycles. The predicted molar refractivity (Wildman–Crippen MR) is 117 cm³/mol. The largest absolute Gasteiger partial charge is 0.305 e. The third-order valence-corrected chi connectivity index (χ3v) is 5.52. The van der Waals surface area contributed by atoms with Gasteiger partial charge in [-0.3, -0.25) is 0 Å². The SMILES string of the molecule is CONCCCCCCC(c1ccccc1)(c1ccccc1)c1ccccc1. The van der Waals surface area contributed by atoms with Gasteiger partial charge in [0.1, 0.15) is 0 Å². The molecule has 0 bridgehead atoms. The molecule has 3 rings (SSSR count). The highest BCUT2D eigenvalue weighted by molar-refractivity contribution is 5.50. The molecular weight excluding hydrogens is 342 g/mol. The highest BCUT2D eigenvalue weighted by Gasteiger charge is 2.35. The summed E-state index contributed by atoms with van der Waals surface area (Å²) < 4.78 is 0. The van der Waals surface area contributed by atoms with Crippen LogP contribution >= 0.6 is 0 Å². The topological polar surface area (TPSA) is 21.3 Å². The summed E-state index contributed by atoms with van der Waals surface area (Å²) in [7, 11) is 1.67. The van der Waals surface area contributed by atoms with Crippen LogP contribution in [0.3, 0.4) is 0 Å². The standard InChI is InChI=1S/C26H31NO/c1-28-27-22-14-3-2-13-21-26(23-15-7-4-8-16-23,24-17-9-5-10-18-24)25-19-11-6-12-20-25/h4-12,15-20,27H,2-3,13-14,21-22H2,1H3. The number of hydrogen-bond acceptors (Lipinski definition) is 2. The van der Waals surface area contributed by atoms with E-state index in [4.69, 9.17) is 4.84 Å². The highest BCUT2D eigenvalue weighted by Crippen LogP contribution is 2.43. The molecule has 2 nitrogen and oxygen atoms in total. The van der Waals surface area contributed by atoms with Gasteiger partial charge in [0.25, 0.3) is 0 Å². The Kier molecular flexibility index (Phi) is 7.83. The molecule has 3 aromatic carbocycles. The van der Waals surface area contributed by atoms with E-state index in [0.717, 1.165) is 19.4 Å². The Hall–Kier alpha value is -2.42. The Morgan fingerprint density at radius 3 is 1.46 bits per heavy atom. The molecule has 2 heteroatoms. The minimum atomic E-state index is -0.117. The quantitative estimate of drug-likeness (QED) is 0.248. The second kappa shape index (κ2) is 10.8. The first-order valence-electron chi connectivity index (χ1n) is 10.3. The molecule has 1 N–H and O–H groups in total. The van der Waals surface area contributed by atoms with Crippen molar-refractivity contribution in [2.45, 2.75) is 37.5 Å². The summed E-state index contributed by atoms with van der Waals surface area (Å²) in [5.74, 6) is 0. The van der Waals surface area contributed by atoms with E-state index in [1.165, 1.54) is 36.0 Å². The first-order chi connectivity index (χ1) is 13.9. The number of hydroxylamine groups is 1. The molecule has 0 saturated carbocycles. The maximum absolute atomic E-state index is 4.93. The molecule has 0 spiro atoms. The highest BCUT2D eigenvalue weighted by atomic mass is 16.6. The number of nitrogens with one attached hydrogen (secondary N) is 1. The van der Waals surface area contributed by atoms with Crippen LogP contribution in [0.4, 0.5) is 0 Å². The molecule has 146 valence electrons.